The molecule has 0 saturated carbocycles. The zero-order valence-electron chi connectivity index (χ0n) is 14.4. The van der Waals surface area contributed by atoms with E-state index in [9.17, 15) is 13.2 Å². The molecule has 1 aliphatic heterocycles. The van der Waals surface area contributed by atoms with Crippen LogP contribution in [0.2, 0.25) is 0 Å². The van der Waals surface area contributed by atoms with Gasteiger partial charge in [-0.1, -0.05) is 24.2 Å². The Morgan fingerprint density at radius 1 is 1.31 bits per heavy atom. The summed E-state index contributed by atoms with van der Waals surface area (Å²) in [7, 11) is -3.81. The molecule has 0 bridgehead atoms. The standard InChI is InChI=1S/C16H21N5O3S2/c1-11(25-16-20-19-14-8-3-2-4-9-21(14)16)15(22)18-12-6-5-7-13(10-12)26(17,23)24/h5-7,10-11H,2-4,8-9H2,1H3,(H,18,22)(H2,17,23,24)/t11-/m0/s1. The second-order valence-corrected chi connectivity index (χ2v) is 9.05. The van der Waals surface area contributed by atoms with Crippen LogP contribution in [-0.4, -0.2) is 34.3 Å². The van der Waals surface area contributed by atoms with Crippen molar-refractivity contribution in [3.8, 4) is 0 Å². The highest BCUT2D eigenvalue weighted by Crippen LogP contribution is 2.26. The second-order valence-electron chi connectivity index (χ2n) is 6.18. The quantitative estimate of drug-likeness (QED) is 0.745. The molecule has 2 heterocycles. The van der Waals surface area contributed by atoms with Crippen molar-refractivity contribution < 1.29 is 13.2 Å². The van der Waals surface area contributed by atoms with E-state index in [1.807, 2.05) is 0 Å². The number of rotatable bonds is 5. The van der Waals surface area contributed by atoms with Gasteiger partial charge in [0.05, 0.1) is 10.1 Å². The number of nitrogens with zero attached hydrogens (tertiary/aromatic N) is 3. The van der Waals surface area contributed by atoms with Gasteiger partial charge in [0, 0.05) is 18.7 Å². The number of sulfonamides is 1. The molecule has 26 heavy (non-hydrogen) atoms. The Hall–Kier alpha value is -1.91. The van der Waals surface area contributed by atoms with Crippen molar-refractivity contribution >= 4 is 33.4 Å². The first-order valence-corrected chi connectivity index (χ1v) is 10.8. The number of primary sulfonamides is 1. The zero-order chi connectivity index (χ0) is 18.7. The summed E-state index contributed by atoms with van der Waals surface area (Å²) in [5, 5.41) is 16.6. The van der Waals surface area contributed by atoms with E-state index >= 15 is 0 Å². The summed E-state index contributed by atoms with van der Waals surface area (Å²) in [5.74, 6) is 0.728. The van der Waals surface area contributed by atoms with Crippen molar-refractivity contribution in [3.63, 3.8) is 0 Å². The van der Waals surface area contributed by atoms with Crippen molar-refractivity contribution in [2.24, 2.45) is 5.14 Å². The smallest absolute Gasteiger partial charge is 0.238 e. The Bertz CT molecular complexity index is 910. The molecule has 0 spiro atoms. The third-order valence-electron chi connectivity index (χ3n) is 4.16. The molecule has 1 amide bonds. The van der Waals surface area contributed by atoms with E-state index < -0.39 is 15.3 Å². The lowest BCUT2D eigenvalue weighted by atomic mass is 10.2. The van der Waals surface area contributed by atoms with E-state index in [1.54, 1.807) is 13.0 Å². The SMILES string of the molecule is C[C@H](Sc1nnc2n1CCCCC2)C(=O)Nc1cccc(S(N)(=O)=O)c1. The molecule has 3 N–H and O–H groups in total. The predicted octanol–water partition coefficient (Wildman–Crippen LogP) is 1.77. The number of benzene rings is 1. The fourth-order valence-electron chi connectivity index (χ4n) is 2.75. The summed E-state index contributed by atoms with van der Waals surface area (Å²) < 4.78 is 24.9. The topological polar surface area (TPSA) is 120 Å². The van der Waals surface area contributed by atoms with Crippen LogP contribution in [0.5, 0.6) is 0 Å². The molecule has 0 unspecified atom stereocenters. The van der Waals surface area contributed by atoms with Crippen LogP contribution in [-0.2, 0) is 27.8 Å². The molecule has 0 aliphatic carbocycles. The van der Waals surface area contributed by atoms with Crippen LogP contribution in [0.15, 0.2) is 34.3 Å². The molecule has 10 heteroatoms. The fraction of sp³-hybridized carbons (Fsp3) is 0.438. The molecule has 3 rings (SSSR count). The van der Waals surface area contributed by atoms with Crippen LogP contribution in [0.25, 0.3) is 0 Å². The highest BCUT2D eigenvalue weighted by molar-refractivity contribution is 8.00. The van der Waals surface area contributed by atoms with Crippen molar-refractivity contribution in [1.29, 1.82) is 0 Å². The molecule has 140 valence electrons. The van der Waals surface area contributed by atoms with Gasteiger partial charge in [0.25, 0.3) is 0 Å². The van der Waals surface area contributed by atoms with Crippen LogP contribution in [0.4, 0.5) is 5.69 Å². The minimum atomic E-state index is -3.81. The largest absolute Gasteiger partial charge is 0.325 e. The first-order valence-electron chi connectivity index (χ1n) is 8.37. The van der Waals surface area contributed by atoms with Crippen LogP contribution in [0, 0.1) is 0 Å². The number of hydrogen-bond donors (Lipinski definition) is 2. The molecule has 0 fully saturated rings. The predicted molar refractivity (Wildman–Crippen MR) is 99.3 cm³/mol. The monoisotopic (exact) mass is 395 g/mol. The number of carbonyl (C=O) groups excluding carboxylic acids is 1. The lowest BCUT2D eigenvalue weighted by Crippen LogP contribution is -2.23. The molecule has 1 aromatic carbocycles. The summed E-state index contributed by atoms with van der Waals surface area (Å²) in [6.07, 6.45) is 4.27. The Morgan fingerprint density at radius 3 is 2.88 bits per heavy atom. The molecule has 2 aromatic rings. The fourth-order valence-corrected chi connectivity index (χ4v) is 4.21. The third-order valence-corrected chi connectivity index (χ3v) is 6.15. The average molecular weight is 396 g/mol. The molecule has 1 aromatic heterocycles. The maximum Gasteiger partial charge on any atom is 0.238 e. The van der Waals surface area contributed by atoms with E-state index in [-0.39, 0.29) is 10.8 Å². The van der Waals surface area contributed by atoms with Gasteiger partial charge in [0.1, 0.15) is 5.82 Å². The maximum atomic E-state index is 12.5. The van der Waals surface area contributed by atoms with Crippen LogP contribution >= 0.6 is 11.8 Å². The van der Waals surface area contributed by atoms with Gasteiger partial charge in [-0.15, -0.1) is 10.2 Å². The molecule has 0 saturated heterocycles. The minimum absolute atomic E-state index is 0.0432. The number of aromatic nitrogens is 3. The van der Waals surface area contributed by atoms with Gasteiger partial charge in [0.2, 0.25) is 15.9 Å². The van der Waals surface area contributed by atoms with Gasteiger partial charge in [-0.25, -0.2) is 13.6 Å². The summed E-state index contributed by atoms with van der Waals surface area (Å²) in [5.41, 5.74) is 0.383. The number of fused-ring (bicyclic) bond motifs is 1. The Labute approximate surface area is 156 Å². The van der Waals surface area contributed by atoms with Crippen LogP contribution < -0.4 is 10.5 Å². The van der Waals surface area contributed by atoms with E-state index in [2.05, 4.69) is 20.1 Å². The van der Waals surface area contributed by atoms with Gasteiger partial charge in [-0.3, -0.25) is 4.79 Å². The summed E-state index contributed by atoms with van der Waals surface area (Å²) in [4.78, 5) is 12.4. The summed E-state index contributed by atoms with van der Waals surface area (Å²) in [6, 6.07) is 5.88. The van der Waals surface area contributed by atoms with Crippen LogP contribution in [0.1, 0.15) is 32.0 Å². The number of thioether (sulfide) groups is 1. The molecule has 1 atom stereocenters. The highest BCUT2D eigenvalue weighted by atomic mass is 32.2. The van der Waals surface area contributed by atoms with Crippen molar-refractivity contribution in [2.45, 2.75) is 54.5 Å². The minimum Gasteiger partial charge on any atom is -0.325 e. The molecule has 0 radical (unpaired) electrons. The molecule has 1 aliphatic rings. The van der Waals surface area contributed by atoms with E-state index in [4.69, 9.17) is 5.14 Å². The second kappa shape index (κ2) is 7.77. The number of hydrogen-bond acceptors (Lipinski definition) is 6. The number of anilines is 1. The number of carbonyl (C=O) groups is 1. The van der Waals surface area contributed by atoms with Gasteiger partial charge < -0.3 is 9.88 Å². The van der Waals surface area contributed by atoms with Gasteiger partial charge in [-0.05, 0) is 38.0 Å². The average Bonchev–Trinajstić information content (AvgIpc) is 2.81. The number of amides is 1. The Morgan fingerprint density at radius 2 is 2.12 bits per heavy atom. The van der Waals surface area contributed by atoms with Gasteiger partial charge in [-0.2, -0.15) is 0 Å². The Balaban J connectivity index is 1.68. The van der Waals surface area contributed by atoms with E-state index in [0.717, 1.165) is 36.8 Å². The lowest BCUT2D eigenvalue weighted by Gasteiger charge is -2.13. The van der Waals surface area contributed by atoms with Crippen LogP contribution in [0.3, 0.4) is 0 Å². The third kappa shape index (κ3) is 4.43. The normalized spacial score (nSPS) is 15.8. The first-order chi connectivity index (χ1) is 12.3. The van der Waals surface area contributed by atoms with E-state index in [1.165, 1.54) is 36.4 Å². The van der Waals surface area contributed by atoms with Crippen molar-refractivity contribution in [1.82, 2.24) is 14.8 Å². The molecular weight excluding hydrogens is 374 g/mol. The number of nitrogens with one attached hydrogen (secondary N) is 1. The van der Waals surface area contributed by atoms with Gasteiger partial charge in [0.15, 0.2) is 5.16 Å². The molecular formula is C16H21N5O3S2. The maximum absolute atomic E-state index is 12.5. The number of aryl methyl sites for hydroxylation is 1. The Kier molecular flexibility index (Phi) is 5.64. The van der Waals surface area contributed by atoms with E-state index in [0.29, 0.717) is 5.69 Å². The summed E-state index contributed by atoms with van der Waals surface area (Å²) >= 11 is 1.35. The lowest BCUT2D eigenvalue weighted by molar-refractivity contribution is -0.115. The highest BCUT2D eigenvalue weighted by Gasteiger charge is 2.21. The first kappa shape index (κ1) is 18.9. The van der Waals surface area contributed by atoms with Crippen molar-refractivity contribution in [3.05, 3.63) is 30.1 Å². The zero-order valence-corrected chi connectivity index (χ0v) is 16.0. The number of nitrogens with two attached hydrogens (primary N) is 1. The summed E-state index contributed by atoms with van der Waals surface area (Å²) in [6.45, 7) is 2.65. The van der Waals surface area contributed by atoms with Gasteiger partial charge >= 0.3 is 0 Å². The molecule has 8 nitrogen and oxygen atoms in total. The van der Waals surface area contributed by atoms with Crippen molar-refractivity contribution in [2.75, 3.05) is 5.32 Å².